The predicted octanol–water partition coefficient (Wildman–Crippen LogP) is 3.00. The highest BCUT2D eigenvalue weighted by Gasteiger charge is 2.13. The van der Waals surface area contributed by atoms with Gasteiger partial charge in [-0.1, -0.05) is 11.6 Å². The highest BCUT2D eigenvalue weighted by Crippen LogP contribution is 2.34. The minimum absolute atomic E-state index is 0.427. The molecule has 18 heavy (non-hydrogen) atoms. The third-order valence-corrected chi connectivity index (χ3v) is 2.96. The second-order valence-corrected chi connectivity index (χ2v) is 4.54. The number of ether oxygens (including phenoxy) is 1. The highest BCUT2D eigenvalue weighted by molar-refractivity contribution is 6.31. The molecule has 0 unspecified atom stereocenters. The third-order valence-electron chi connectivity index (χ3n) is 2.74. The Morgan fingerprint density at radius 2 is 1.83 bits per heavy atom. The molecule has 0 saturated heterocycles. The molecule has 4 nitrogen and oxygen atoms in total. The lowest BCUT2D eigenvalue weighted by Gasteiger charge is -2.12. The number of methoxy groups -OCH3 is 1. The molecule has 0 bridgehead atoms. The van der Waals surface area contributed by atoms with Crippen LogP contribution in [0.5, 0.6) is 5.75 Å². The van der Waals surface area contributed by atoms with Crippen LogP contribution in [0, 0.1) is 13.8 Å². The minimum atomic E-state index is 0.427. The van der Waals surface area contributed by atoms with E-state index in [2.05, 4.69) is 10.2 Å². The van der Waals surface area contributed by atoms with Gasteiger partial charge in [0.05, 0.1) is 12.8 Å². The summed E-state index contributed by atoms with van der Waals surface area (Å²) >= 11 is 6.07. The van der Waals surface area contributed by atoms with Gasteiger partial charge in [0.25, 0.3) is 0 Å². The first kappa shape index (κ1) is 12.6. The van der Waals surface area contributed by atoms with Crippen molar-refractivity contribution in [2.45, 2.75) is 13.8 Å². The Hall–Kier alpha value is -1.81. The zero-order valence-corrected chi connectivity index (χ0v) is 11.2. The van der Waals surface area contributed by atoms with E-state index in [1.54, 1.807) is 7.11 Å². The molecule has 2 rings (SSSR count). The number of hydrogen-bond donors (Lipinski definition) is 1. The van der Waals surface area contributed by atoms with Gasteiger partial charge in [-0.2, -0.15) is 0 Å². The Balaban J connectivity index is 2.65. The van der Waals surface area contributed by atoms with E-state index in [0.29, 0.717) is 16.5 Å². The SMILES string of the molecule is COc1c(C)cc(Cl)cc1-c1cc(C)c(N)nn1. The molecule has 1 aromatic carbocycles. The van der Waals surface area contributed by atoms with Crippen LogP contribution in [0.25, 0.3) is 11.3 Å². The fourth-order valence-corrected chi connectivity index (χ4v) is 2.09. The maximum Gasteiger partial charge on any atom is 0.149 e. The summed E-state index contributed by atoms with van der Waals surface area (Å²) in [6.45, 7) is 3.82. The van der Waals surface area contributed by atoms with E-state index in [4.69, 9.17) is 22.1 Å². The second kappa shape index (κ2) is 4.82. The third kappa shape index (κ3) is 2.24. The van der Waals surface area contributed by atoms with Crippen LogP contribution in [-0.2, 0) is 0 Å². The van der Waals surface area contributed by atoms with E-state index in [0.717, 1.165) is 22.4 Å². The average molecular weight is 264 g/mol. The Morgan fingerprint density at radius 3 is 2.44 bits per heavy atom. The molecule has 2 N–H and O–H groups in total. The number of benzene rings is 1. The number of rotatable bonds is 2. The standard InChI is InChI=1S/C13H14ClN3O/c1-7-4-9(14)6-10(12(7)18-3)11-5-8(2)13(15)17-16-11/h4-6H,1-3H3,(H2,15,17). The van der Waals surface area contributed by atoms with Gasteiger partial charge in [0.15, 0.2) is 0 Å². The van der Waals surface area contributed by atoms with Crippen LogP contribution >= 0.6 is 11.6 Å². The van der Waals surface area contributed by atoms with E-state index in [1.807, 2.05) is 32.0 Å². The molecule has 1 aromatic heterocycles. The van der Waals surface area contributed by atoms with E-state index in [9.17, 15) is 0 Å². The Bertz CT molecular complexity index is 599. The zero-order valence-electron chi connectivity index (χ0n) is 10.5. The topological polar surface area (TPSA) is 61.0 Å². The lowest BCUT2D eigenvalue weighted by Crippen LogP contribution is -1.99. The number of halogens is 1. The number of nitrogens with zero attached hydrogens (tertiary/aromatic N) is 2. The summed E-state index contributed by atoms with van der Waals surface area (Å²) in [6, 6.07) is 5.53. The van der Waals surface area contributed by atoms with E-state index < -0.39 is 0 Å². The molecule has 0 spiro atoms. The molecule has 0 aliphatic heterocycles. The van der Waals surface area contributed by atoms with Gasteiger partial charge in [0.2, 0.25) is 0 Å². The Labute approximate surface area is 111 Å². The minimum Gasteiger partial charge on any atom is -0.496 e. The van der Waals surface area contributed by atoms with E-state index in [1.165, 1.54) is 0 Å². The number of aryl methyl sites for hydroxylation is 2. The fourth-order valence-electron chi connectivity index (χ4n) is 1.82. The van der Waals surface area contributed by atoms with Crippen molar-refractivity contribution >= 4 is 17.4 Å². The molecule has 0 saturated carbocycles. The summed E-state index contributed by atoms with van der Waals surface area (Å²) in [5.74, 6) is 1.18. The van der Waals surface area contributed by atoms with Crippen LogP contribution in [0.2, 0.25) is 5.02 Å². The predicted molar refractivity (Wildman–Crippen MR) is 72.9 cm³/mol. The van der Waals surface area contributed by atoms with Crippen LogP contribution in [-0.4, -0.2) is 17.3 Å². The van der Waals surface area contributed by atoms with Crippen molar-refractivity contribution in [2.24, 2.45) is 0 Å². The normalized spacial score (nSPS) is 10.4. The van der Waals surface area contributed by atoms with Crippen molar-refractivity contribution in [3.05, 3.63) is 34.3 Å². The quantitative estimate of drug-likeness (QED) is 0.905. The highest BCUT2D eigenvalue weighted by atomic mass is 35.5. The lowest BCUT2D eigenvalue weighted by molar-refractivity contribution is 0.413. The van der Waals surface area contributed by atoms with E-state index >= 15 is 0 Å². The van der Waals surface area contributed by atoms with Gasteiger partial charge in [-0.05, 0) is 43.2 Å². The van der Waals surface area contributed by atoms with Crippen molar-refractivity contribution < 1.29 is 4.74 Å². The van der Waals surface area contributed by atoms with Crippen LogP contribution in [0.3, 0.4) is 0 Å². The Kier molecular flexibility index (Phi) is 3.39. The van der Waals surface area contributed by atoms with Crippen molar-refractivity contribution in [2.75, 3.05) is 12.8 Å². The van der Waals surface area contributed by atoms with Gasteiger partial charge in [-0.3, -0.25) is 0 Å². The van der Waals surface area contributed by atoms with Gasteiger partial charge >= 0.3 is 0 Å². The summed E-state index contributed by atoms with van der Waals surface area (Å²) in [6.07, 6.45) is 0. The first-order valence-electron chi connectivity index (χ1n) is 5.47. The fraction of sp³-hybridized carbons (Fsp3) is 0.231. The van der Waals surface area contributed by atoms with Crippen molar-refractivity contribution in [3.8, 4) is 17.0 Å². The zero-order chi connectivity index (χ0) is 13.3. The molecule has 0 aliphatic carbocycles. The molecule has 1 heterocycles. The Morgan fingerprint density at radius 1 is 1.11 bits per heavy atom. The molecule has 0 atom stereocenters. The molecule has 0 fully saturated rings. The van der Waals surface area contributed by atoms with Gasteiger partial charge < -0.3 is 10.5 Å². The molecular weight excluding hydrogens is 250 g/mol. The molecule has 0 aliphatic rings. The van der Waals surface area contributed by atoms with Gasteiger partial charge in [0, 0.05) is 10.6 Å². The number of hydrogen-bond acceptors (Lipinski definition) is 4. The number of nitrogen functional groups attached to an aromatic ring is 1. The van der Waals surface area contributed by atoms with Crippen LogP contribution in [0.15, 0.2) is 18.2 Å². The second-order valence-electron chi connectivity index (χ2n) is 4.10. The molecular formula is C13H14ClN3O. The number of anilines is 1. The van der Waals surface area contributed by atoms with E-state index in [-0.39, 0.29) is 0 Å². The summed E-state index contributed by atoms with van der Waals surface area (Å²) < 4.78 is 5.40. The maximum atomic E-state index is 6.07. The molecule has 94 valence electrons. The van der Waals surface area contributed by atoms with Crippen molar-refractivity contribution in [3.63, 3.8) is 0 Å². The van der Waals surface area contributed by atoms with Crippen molar-refractivity contribution in [1.82, 2.24) is 10.2 Å². The molecule has 5 heteroatoms. The average Bonchev–Trinajstić information content (AvgIpc) is 2.32. The summed E-state index contributed by atoms with van der Waals surface area (Å²) in [4.78, 5) is 0. The molecule has 2 aromatic rings. The van der Waals surface area contributed by atoms with Gasteiger partial charge in [-0.15, -0.1) is 10.2 Å². The van der Waals surface area contributed by atoms with Gasteiger partial charge in [0.1, 0.15) is 11.6 Å². The van der Waals surface area contributed by atoms with Crippen LogP contribution in [0.4, 0.5) is 5.82 Å². The monoisotopic (exact) mass is 263 g/mol. The summed E-state index contributed by atoms with van der Waals surface area (Å²) in [7, 11) is 1.62. The number of nitrogens with two attached hydrogens (primary N) is 1. The summed E-state index contributed by atoms with van der Waals surface area (Å²) in [5.41, 5.74) is 9.01. The molecule has 0 radical (unpaired) electrons. The first-order valence-corrected chi connectivity index (χ1v) is 5.85. The summed E-state index contributed by atoms with van der Waals surface area (Å²) in [5, 5.41) is 8.64. The molecule has 0 amide bonds. The van der Waals surface area contributed by atoms with Gasteiger partial charge in [-0.25, -0.2) is 0 Å². The lowest BCUT2D eigenvalue weighted by atomic mass is 10.1. The maximum absolute atomic E-state index is 6.07. The first-order chi connectivity index (χ1) is 8.52. The van der Waals surface area contributed by atoms with Crippen LogP contribution < -0.4 is 10.5 Å². The number of aromatic nitrogens is 2. The van der Waals surface area contributed by atoms with Crippen molar-refractivity contribution in [1.29, 1.82) is 0 Å². The smallest absolute Gasteiger partial charge is 0.149 e. The van der Waals surface area contributed by atoms with Crippen LogP contribution in [0.1, 0.15) is 11.1 Å². The largest absolute Gasteiger partial charge is 0.496 e.